The Morgan fingerprint density at radius 1 is 1.30 bits per heavy atom. The molecule has 2 N–H and O–H groups in total. The van der Waals surface area contributed by atoms with Gasteiger partial charge in [-0.3, -0.25) is 4.79 Å². The smallest absolute Gasteiger partial charge is 0.262 e. The van der Waals surface area contributed by atoms with E-state index in [9.17, 15) is 9.90 Å². The molecule has 104 valence electrons. The number of carbonyl (C=O) groups excluding carboxylic acids is 1. The molecule has 0 saturated heterocycles. The van der Waals surface area contributed by atoms with Crippen molar-refractivity contribution in [1.29, 1.82) is 0 Å². The molecule has 5 heteroatoms. The zero-order valence-electron chi connectivity index (χ0n) is 10.9. The molecule has 2 aromatic rings. The summed E-state index contributed by atoms with van der Waals surface area (Å²) >= 11 is 5.82. The van der Waals surface area contributed by atoms with Gasteiger partial charge in [-0.1, -0.05) is 17.7 Å². The highest BCUT2D eigenvalue weighted by Crippen LogP contribution is 2.20. The van der Waals surface area contributed by atoms with Crippen LogP contribution in [0.5, 0.6) is 11.5 Å². The Hall–Kier alpha value is -2.20. The Morgan fingerprint density at radius 2 is 2.10 bits per heavy atom. The number of phenols is 1. The molecule has 0 fully saturated rings. The molecule has 2 rings (SSSR count). The second kappa shape index (κ2) is 6.30. The normalized spacial score (nSPS) is 10.1. The fraction of sp³-hybridized carbons (Fsp3) is 0.133. The van der Waals surface area contributed by atoms with Crippen molar-refractivity contribution in [2.45, 2.75) is 6.92 Å². The number of phenolic OH excluding ortho intramolecular Hbond substituents is 1. The van der Waals surface area contributed by atoms with Gasteiger partial charge in [0, 0.05) is 10.7 Å². The first-order valence-electron chi connectivity index (χ1n) is 6.02. The standard InChI is InChI=1S/C15H14ClNO3/c1-10-7-12(18)5-6-14(10)17-15(19)9-20-13-4-2-3-11(16)8-13/h2-8,18H,9H2,1H3,(H,17,19). The van der Waals surface area contributed by atoms with Crippen LogP contribution in [-0.4, -0.2) is 17.6 Å². The molecule has 0 unspecified atom stereocenters. The molecule has 0 heterocycles. The molecule has 0 bridgehead atoms. The predicted molar refractivity (Wildman–Crippen MR) is 78.4 cm³/mol. The van der Waals surface area contributed by atoms with Crippen LogP contribution in [0.3, 0.4) is 0 Å². The minimum Gasteiger partial charge on any atom is -0.508 e. The Kier molecular flexibility index (Phi) is 4.48. The van der Waals surface area contributed by atoms with Gasteiger partial charge in [0.25, 0.3) is 5.91 Å². The van der Waals surface area contributed by atoms with Crippen molar-refractivity contribution in [2.75, 3.05) is 11.9 Å². The third kappa shape index (κ3) is 3.90. The number of ether oxygens (including phenoxy) is 1. The zero-order valence-corrected chi connectivity index (χ0v) is 11.6. The Labute approximate surface area is 122 Å². The summed E-state index contributed by atoms with van der Waals surface area (Å²) in [7, 11) is 0. The molecule has 0 aliphatic heterocycles. The van der Waals surface area contributed by atoms with Crippen LogP contribution in [-0.2, 0) is 4.79 Å². The van der Waals surface area contributed by atoms with Gasteiger partial charge in [-0.25, -0.2) is 0 Å². The first-order chi connectivity index (χ1) is 9.54. The van der Waals surface area contributed by atoms with Gasteiger partial charge in [-0.15, -0.1) is 0 Å². The van der Waals surface area contributed by atoms with Gasteiger partial charge in [-0.05, 0) is 48.9 Å². The van der Waals surface area contributed by atoms with E-state index < -0.39 is 0 Å². The highest BCUT2D eigenvalue weighted by molar-refractivity contribution is 6.30. The van der Waals surface area contributed by atoms with Gasteiger partial charge in [0.05, 0.1) is 0 Å². The van der Waals surface area contributed by atoms with E-state index in [0.717, 1.165) is 5.56 Å². The van der Waals surface area contributed by atoms with E-state index in [1.807, 2.05) is 0 Å². The maximum absolute atomic E-state index is 11.8. The monoisotopic (exact) mass is 291 g/mol. The van der Waals surface area contributed by atoms with Crippen molar-refractivity contribution in [3.8, 4) is 11.5 Å². The van der Waals surface area contributed by atoms with Crippen LogP contribution in [0.25, 0.3) is 0 Å². The number of halogens is 1. The number of nitrogens with one attached hydrogen (secondary N) is 1. The third-order valence-electron chi connectivity index (χ3n) is 2.65. The largest absolute Gasteiger partial charge is 0.508 e. The highest BCUT2D eigenvalue weighted by Gasteiger charge is 2.06. The number of aryl methyl sites for hydroxylation is 1. The Balaban J connectivity index is 1.92. The van der Waals surface area contributed by atoms with Crippen molar-refractivity contribution < 1.29 is 14.6 Å². The van der Waals surface area contributed by atoms with Gasteiger partial charge >= 0.3 is 0 Å². The van der Waals surface area contributed by atoms with Crippen molar-refractivity contribution in [1.82, 2.24) is 0 Å². The van der Waals surface area contributed by atoms with Gasteiger partial charge in [0.15, 0.2) is 6.61 Å². The quantitative estimate of drug-likeness (QED) is 0.849. The number of amides is 1. The first-order valence-corrected chi connectivity index (χ1v) is 6.40. The van der Waals surface area contributed by atoms with E-state index in [-0.39, 0.29) is 18.3 Å². The number of rotatable bonds is 4. The van der Waals surface area contributed by atoms with Gasteiger partial charge < -0.3 is 15.2 Å². The highest BCUT2D eigenvalue weighted by atomic mass is 35.5. The van der Waals surface area contributed by atoms with Crippen LogP contribution >= 0.6 is 11.6 Å². The fourth-order valence-electron chi connectivity index (χ4n) is 1.68. The molecule has 0 atom stereocenters. The predicted octanol–water partition coefficient (Wildman–Crippen LogP) is 3.37. The topological polar surface area (TPSA) is 58.6 Å². The number of anilines is 1. The number of aromatic hydroxyl groups is 1. The molecular formula is C15H14ClNO3. The number of benzene rings is 2. The summed E-state index contributed by atoms with van der Waals surface area (Å²) < 4.78 is 5.34. The molecule has 0 saturated carbocycles. The summed E-state index contributed by atoms with van der Waals surface area (Å²) in [5.74, 6) is 0.421. The summed E-state index contributed by atoms with van der Waals surface area (Å²) in [6.45, 7) is 1.69. The van der Waals surface area contributed by atoms with Crippen molar-refractivity contribution in [3.05, 3.63) is 53.1 Å². The summed E-state index contributed by atoms with van der Waals surface area (Å²) in [6, 6.07) is 11.6. The van der Waals surface area contributed by atoms with E-state index in [1.165, 1.54) is 6.07 Å². The maximum atomic E-state index is 11.8. The summed E-state index contributed by atoms with van der Waals surface area (Å²) in [5.41, 5.74) is 1.42. The van der Waals surface area contributed by atoms with Crippen molar-refractivity contribution >= 4 is 23.2 Å². The summed E-state index contributed by atoms with van der Waals surface area (Å²) in [6.07, 6.45) is 0. The van der Waals surface area contributed by atoms with E-state index in [2.05, 4.69) is 5.32 Å². The molecule has 0 aromatic heterocycles. The second-order valence-electron chi connectivity index (χ2n) is 4.29. The third-order valence-corrected chi connectivity index (χ3v) is 2.89. The zero-order chi connectivity index (χ0) is 14.5. The summed E-state index contributed by atoms with van der Waals surface area (Å²) in [4.78, 5) is 11.8. The lowest BCUT2D eigenvalue weighted by Crippen LogP contribution is -2.20. The van der Waals surface area contributed by atoms with Crippen LogP contribution in [0.1, 0.15) is 5.56 Å². The molecule has 2 aromatic carbocycles. The van der Waals surface area contributed by atoms with E-state index >= 15 is 0 Å². The lowest BCUT2D eigenvalue weighted by atomic mass is 10.2. The summed E-state index contributed by atoms with van der Waals surface area (Å²) in [5, 5.41) is 12.6. The van der Waals surface area contributed by atoms with Crippen LogP contribution in [0, 0.1) is 6.92 Å². The van der Waals surface area contributed by atoms with E-state index in [0.29, 0.717) is 16.5 Å². The average molecular weight is 292 g/mol. The molecule has 20 heavy (non-hydrogen) atoms. The molecule has 1 amide bonds. The fourth-order valence-corrected chi connectivity index (χ4v) is 1.86. The van der Waals surface area contributed by atoms with E-state index in [4.69, 9.17) is 16.3 Å². The molecule has 0 radical (unpaired) electrons. The Morgan fingerprint density at radius 3 is 2.80 bits per heavy atom. The SMILES string of the molecule is Cc1cc(O)ccc1NC(=O)COc1cccc(Cl)c1. The molecule has 0 aliphatic rings. The molecule has 4 nitrogen and oxygen atoms in total. The lowest BCUT2D eigenvalue weighted by Gasteiger charge is -2.10. The van der Waals surface area contributed by atoms with Gasteiger partial charge in [-0.2, -0.15) is 0 Å². The molecule has 0 aliphatic carbocycles. The van der Waals surface area contributed by atoms with Crippen LogP contribution < -0.4 is 10.1 Å². The Bertz CT molecular complexity index is 628. The van der Waals surface area contributed by atoms with E-state index in [1.54, 1.807) is 43.3 Å². The maximum Gasteiger partial charge on any atom is 0.262 e. The average Bonchev–Trinajstić information content (AvgIpc) is 2.40. The molecular weight excluding hydrogens is 278 g/mol. The number of hydrogen-bond acceptors (Lipinski definition) is 3. The second-order valence-corrected chi connectivity index (χ2v) is 4.73. The minimum atomic E-state index is -0.279. The first kappa shape index (κ1) is 14.2. The van der Waals surface area contributed by atoms with Crippen molar-refractivity contribution in [2.24, 2.45) is 0 Å². The number of hydrogen-bond donors (Lipinski definition) is 2. The van der Waals surface area contributed by atoms with Crippen LogP contribution in [0.15, 0.2) is 42.5 Å². The van der Waals surface area contributed by atoms with Gasteiger partial charge in [0.1, 0.15) is 11.5 Å². The minimum absolute atomic E-state index is 0.110. The number of carbonyl (C=O) groups is 1. The van der Waals surface area contributed by atoms with Crippen LogP contribution in [0.2, 0.25) is 5.02 Å². The van der Waals surface area contributed by atoms with Gasteiger partial charge in [0.2, 0.25) is 0 Å². The van der Waals surface area contributed by atoms with Crippen molar-refractivity contribution in [3.63, 3.8) is 0 Å². The lowest BCUT2D eigenvalue weighted by molar-refractivity contribution is -0.118. The van der Waals surface area contributed by atoms with Crippen LogP contribution in [0.4, 0.5) is 5.69 Å². The molecule has 0 spiro atoms.